The van der Waals surface area contributed by atoms with E-state index in [2.05, 4.69) is 17.2 Å². The molecule has 3 rings (SSSR count). The highest BCUT2D eigenvalue weighted by Gasteiger charge is 2.59. The number of fused-ring (bicyclic) bond motifs is 1. The average Bonchev–Trinajstić information content (AvgIpc) is 3.27. The van der Waals surface area contributed by atoms with Gasteiger partial charge in [0.25, 0.3) is 0 Å². The van der Waals surface area contributed by atoms with Gasteiger partial charge in [-0.1, -0.05) is 11.8 Å². The Morgan fingerprint density at radius 3 is 2.57 bits per heavy atom. The van der Waals surface area contributed by atoms with Crippen molar-refractivity contribution in [2.45, 2.75) is 24.6 Å². The highest BCUT2D eigenvalue weighted by atomic mass is 19.4. The first-order valence-corrected chi connectivity index (χ1v) is 6.74. The Morgan fingerprint density at radius 1 is 1.30 bits per heavy atom. The van der Waals surface area contributed by atoms with Gasteiger partial charge in [0.2, 0.25) is 5.54 Å². The number of nitrogens with one attached hydrogen (secondary N) is 2. The number of alkyl halides is 3. The minimum atomic E-state index is -4.96. The van der Waals surface area contributed by atoms with Gasteiger partial charge in [-0.3, -0.25) is 4.79 Å². The molecule has 1 aliphatic carbocycles. The quantitative estimate of drug-likeness (QED) is 0.474. The third kappa shape index (κ3) is 2.52. The molecule has 8 heteroatoms. The van der Waals surface area contributed by atoms with E-state index in [4.69, 9.17) is 0 Å². The molecule has 1 aromatic rings. The number of anilines is 1. The average molecular weight is 326 g/mol. The van der Waals surface area contributed by atoms with Crippen LogP contribution < -0.4 is 10.6 Å². The largest absolute Gasteiger partial charge is 0.427 e. The lowest BCUT2D eigenvalue weighted by Crippen LogP contribution is -2.59. The second-order valence-corrected chi connectivity index (χ2v) is 5.41. The molecule has 1 fully saturated rings. The zero-order valence-corrected chi connectivity index (χ0v) is 11.6. The first kappa shape index (κ1) is 15.3. The van der Waals surface area contributed by atoms with Crippen molar-refractivity contribution in [1.29, 1.82) is 0 Å². The van der Waals surface area contributed by atoms with Crippen LogP contribution in [0, 0.1) is 23.6 Å². The summed E-state index contributed by atoms with van der Waals surface area (Å²) in [6, 6.07) is 0.333. The topological polar surface area (TPSA) is 58.2 Å². The van der Waals surface area contributed by atoms with Gasteiger partial charge in [0.1, 0.15) is 5.82 Å². The molecule has 1 aromatic carbocycles. The first-order chi connectivity index (χ1) is 10.8. The first-order valence-electron chi connectivity index (χ1n) is 6.74. The summed E-state index contributed by atoms with van der Waals surface area (Å²) in [4.78, 5) is 22.4. The molecule has 1 saturated carbocycles. The number of hydrogen-bond donors (Lipinski definition) is 2. The van der Waals surface area contributed by atoms with Crippen LogP contribution in [0.1, 0.15) is 28.8 Å². The summed E-state index contributed by atoms with van der Waals surface area (Å²) >= 11 is 0. The van der Waals surface area contributed by atoms with Gasteiger partial charge in [0.15, 0.2) is 6.29 Å². The van der Waals surface area contributed by atoms with Crippen LogP contribution in [0.5, 0.6) is 0 Å². The fraction of sp³-hybridized carbons (Fsp3) is 0.333. The summed E-state index contributed by atoms with van der Waals surface area (Å²) in [5.41, 5.74) is -4.31. The molecular formula is C15H10F4N2O2. The van der Waals surface area contributed by atoms with E-state index in [1.165, 1.54) is 0 Å². The van der Waals surface area contributed by atoms with Crippen LogP contribution in [0.2, 0.25) is 0 Å². The number of amides is 2. The number of carbonyl (C=O) groups is 2. The molecule has 0 saturated heterocycles. The second-order valence-electron chi connectivity index (χ2n) is 5.41. The zero-order valence-electron chi connectivity index (χ0n) is 11.6. The number of halogens is 4. The standard InChI is InChI=1S/C15H10F4N2O2/c16-11-6-10-12(5-9(11)7-22)20-13(23)21-14(10,15(17,18)19)4-3-8-1-2-8/h5-8H,1-2H2,(H2,20,21,23)/t14-/m0/s1. The van der Waals surface area contributed by atoms with Crippen molar-refractivity contribution in [2.24, 2.45) is 5.92 Å². The van der Waals surface area contributed by atoms with Gasteiger partial charge in [-0.2, -0.15) is 13.2 Å². The van der Waals surface area contributed by atoms with Gasteiger partial charge in [-0.15, -0.1) is 0 Å². The maximum atomic E-state index is 13.8. The van der Waals surface area contributed by atoms with Crippen LogP contribution in [0.15, 0.2) is 12.1 Å². The number of aldehydes is 1. The molecule has 1 heterocycles. The van der Waals surface area contributed by atoms with Crippen molar-refractivity contribution in [2.75, 3.05) is 5.32 Å². The van der Waals surface area contributed by atoms with Crippen molar-refractivity contribution < 1.29 is 27.2 Å². The Morgan fingerprint density at radius 2 is 2.00 bits per heavy atom. The Labute approximate surface area is 128 Å². The fourth-order valence-corrected chi connectivity index (χ4v) is 2.32. The van der Waals surface area contributed by atoms with E-state index in [1.54, 1.807) is 5.32 Å². The number of hydrogen-bond acceptors (Lipinski definition) is 2. The highest BCUT2D eigenvalue weighted by molar-refractivity contribution is 5.96. The maximum Gasteiger partial charge on any atom is 0.427 e. The number of urea groups is 1. The molecule has 0 bridgehead atoms. The molecule has 2 aliphatic rings. The monoisotopic (exact) mass is 326 g/mol. The van der Waals surface area contributed by atoms with Crippen molar-refractivity contribution in [3.63, 3.8) is 0 Å². The van der Waals surface area contributed by atoms with Crippen LogP contribution in [0.25, 0.3) is 0 Å². The highest BCUT2D eigenvalue weighted by Crippen LogP contribution is 2.44. The normalized spacial score (nSPS) is 23.0. The van der Waals surface area contributed by atoms with Crippen molar-refractivity contribution in [3.05, 3.63) is 29.1 Å². The van der Waals surface area contributed by atoms with Crippen LogP contribution in [0.4, 0.5) is 28.0 Å². The lowest BCUT2D eigenvalue weighted by molar-refractivity contribution is -0.178. The molecule has 0 aromatic heterocycles. The molecule has 0 radical (unpaired) electrons. The van der Waals surface area contributed by atoms with Gasteiger partial charge < -0.3 is 10.6 Å². The summed E-state index contributed by atoms with van der Waals surface area (Å²) in [6.07, 6.45) is -3.41. The van der Waals surface area contributed by atoms with Crippen molar-refractivity contribution in [3.8, 4) is 11.8 Å². The van der Waals surface area contributed by atoms with Crippen LogP contribution in [0.3, 0.4) is 0 Å². The second kappa shape index (κ2) is 4.98. The summed E-state index contributed by atoms with van der Waals surface area (Å²) in [5.74, 6) is 3.30. The Hall–Kier alpha value is -2.56. The Kier molecular flexibility index (Phi) is 3.32. The van der Waals surface area contributed by atoms with E-state index in [9.17, 15) is 27.2 Å². The predicted molar refractivity (Wildman–Crippen MR) is 72.2 cm³/mol. The van der Waals surface area contributed by atoms with E-state index >= 15 is 0 Å². The fourth-order valence-electron chi connectivity index (χ4n) is 2.32. The van der Waals surface area contributed by atoms with E-state index in [0.29, 0.717) is 18.9 Å². The lowest BCUT2D eigenvalue weighted by Gasteiger charge is -2.37. The Balaban J connectivity index is 2.25. The van der Waals surface area contributed by atoms with Crippen LogP contribution >= 0.6 is 0 Å². The molecule has 2 amide bonds. The molecule has 120 valence electrons. The predicted octanol–water partition coefficient (Wildman–Crippen LogP) is 2.94. The van der Waals surface area contributed by atoms with Crippen LogP contribution in [-0.4, -0.2) is 18.5 Å². The van der Waals surface area contributed by atoms with Gasteiger partial charge in [-0.05, 0) is 25.0 Å². The summed E-state index contributed by atoms with van der Waals surface area (Å²) < 4.78 is 54.9. The van der Waals surface area contributed by atoms with E-state index in [-0.39, 0.29) is 17.9 Å². The number of carbonyl (C=O) groups excluding carboxylic acids is 2. The zero-order chi connectivity index (χ0) is 16.8. The molecule has 0 unspecified atom stereocenters. The number of benzene rings is 1. The summed E-state index contributed by atoms with van der Waals surface area (Å²) in [6.45, 7) is 0. The van der Waals surface area contributed by atoms with E-state index in [1.807, 2.05) is 0 Å². The minimum Gasteiger partial charge on any atom is -0.310 e. The third-order valence-electron chi connectivity index (χ3n) is 3.68. The Bertz CT molecular complexity index is 759. The molecule has 4 nitrogen and oxygen atoms in total. The molecule has 1 atom stereocenters. The van der Waals surface area contributed by atoms with Gasteiger partial charge >= 0.3 is 12.2 Å². The number of rotatable bonds is 1. The summed E-state index contributed by atoms with van der Waals surface area (Å²) in [5, 5.41) is 3.92. The van der Waals surface area contributed by atoms with Gasteiger partial charge in [0.05, 0.1) is 11.3 Å². The maximum absolute atomic E-state index is 13.8. The molecule has 23 heavy (non-hydrogen) atoms. The van der Waals surface area contributed by atoms with Crippen LogP contribution in [-0.2, 0) is 5.54 Å². The van der Waals surface area contributed by atoms with Crippen molar-refractivity contribution in [1.82, 2.24) is 5.32 Å². The molecule has 2 N–H and O–H groups in total. The van der Waals surface area contributed by atoms with E-state index in [0.717, 1.165) is 6.07 Å². The van der Waals surface area contributed by atoms with Gasteiger partial charge in [0, 0.05) is 11.5 Å². The van der Waals surface area contributed by atoms with E-state index < -0.39 is 34.7 Å². The SMILES string of the molecule is O=Cc1cc2c(cc1F)[C@@](C#CC1CC1)(C(F)(F)F)NC(=O)N2. The summed E-state index contributed by atoms with van der Waals surface area (Å²) in [7, 11) is 0. The third-order valence-corrected chi connectivity index (χ3v) is 3.68. The molecular weight excluding hydrogens is 316 g/mol. The molecule has 0 spiro atoms. The van der Waals surface area contributed by atoms with Crippen molar-refractivity contribution >= 4 is 18.0 Å². The minimum absolute atomic E-state index is 0.149. The molecule has 1 aliphatic heterocycles. The lowest BCUT2D eigenvalue weighted by atomic mass is 9.85. The van der Waals surface area contributed by atoms with Gasteiger partial charge in [-0.25, -0.2) is 9.18 Å². The smallest absolute Gasteiger partial charge is 0.310 e.